The molecule has 0 N–H and O–H groups in total. The van der Waals surface area contributed by atoms with Gasteiger partial charge in [0.25, 0.3) is 0 Å². The Bertz CT molecular complexity index is 604. The fourth-order valence-corrected chi connectivity index (χ4v) is 2.79. The molecule has 0 aliphatic rings. The fraction of sp³-hybridized carbons (Fsp3) is 0.545. The minimum Gasteiger partial charge on any atom is -0.455 e. The molecule has 0 bridgehead atoms. The Morgan fingerprint density at radius 1 is 1.12 bits per heavy atom. The lowest BCUT2D eigenvalue weighted by molar-refractivity contribution is -0.158. The summed E-state index contributed by atoms with van der Waals surface area (Å²) in [6, 6.07) is 5.32. The number of benzene rings is 1. The van der Waals surface area contributed by atoms with E-state index >= 15 is 0 Å². The van der Waals surface area contributed by atoms with E-state index < -0.39 is 12.3 Å². The van der Waals surface area contributed by atoms with Crippen LogP contribution < -0.4 is 4.74 Å². The van der Waals surface area contributed by atoms with Crippen LogP contribution in [0.3, 0.4) is 0 Å². The molecule has 1 unspecified atom stereocenters. The minimum atomic E-state index is -0.618. The zero-order chi connectivity index (χ0) is 19.4. The first-order valence-electron chi connectivity index (χ1n) is 9.59. The number of ketones is 1. The van der Waals surface area contributed by atoms with Gasteiger partial charge < -0.3 is 9.47 Å². The van der Waals surface area contributed by atoms with E-state index in [0.717, 1.165) is 18.4 Å². The summed E-state index contributed by atoms with van der Waals surface area (Å²) in [5.74, 6) is 0.231. The number of aryl methyl sites for hydroxylation is 1. The van der Waals surface area contributed by atoms with Crippen LogP contribution in [0.5, 0.6) is 5.75 Å². The third-order valence-electron chi connectivity index (χ3n) is 4.19. The van der Waals surface area contributed by atoms with Crippen LogP contribution in [0.1, 0.15) is 81.6 Å². The van der Waals surface area contributed by atoms with Gasteiger partial charge >= 0.3 is 5.97 Å². The van der Waals surface area contributed by atoms with Crippen LogP contribution in [0.25, 0.3) is 0 Å². The van der Waals surface area contributed by atoms with Crippen LogP contribution in [0.4, 0.5) is 0 Å². The molecule has 0 fully saturated rings. The van der Waals surface area contributed by atoms with Crippen molar-refractivity contribution in [3.8, 4) is 5.75 Å². The normalized spacial score (nSPS) is 12.2. The second-order valence-electron chi connectivity index (χ2n) is 6.57. The van der Waals surface area contributed by atoms with Gasteiger partial charge in [-0.3, -0.25) is 4.79 Å². The maximum atomic E-state index is 11.8. The van der Waals surface area contributed by atoms with E-state index in [2.05, 4.69) is 6.92 Å². The molecule has 0 aliphatic heterocycles. The standard InChI is InChI=1S/C22H32O4/c1-5-7-8-9-10-11-13-22(26-21(24)12-6-2)25-19-14-15-20(18(4)23)17(3)16-19/h6,12,14-16,22H,5,7-11,13H2,1-4H3/b12-6-. The van der Waals surface area contributed by atoms with Gasteiger partial charge in [-0.1, -0.05) is 45.1 Å². The van der Waals surface area contributed by atoms with E-state index in [1.165, 1.54) is 31.8 Å². The van der Waals surface area contributed by atoms with Crippen molar-refractivity contribution in [1.29, 1.82) is 0 Å². The molecule has 144 valence electrons. The zero-order valence-corrected chi connectivity index (χ0v) is 16.5. The van der Waals surface area contributed by atoms with Crippen LogP contribution >= 0.6 is 0 Å². The van der Waals surface area contributed by atoms with Crippen molar-refractivity contribution in [1.82, 2.24) is 0 Å². The molecule has 1 aromatic carbocycles. The first kappa shape index (κ1) is 21.9. The van der Waals surface area contributed by atoms with Gasteiger partial charge in [0.05, 0.1) is 0 Å². The predicted molar refractivity (Wildman–Crippen MR) is 104 cm³/mol. The number of hydrogen-bond donors (Lipinski definition) is 0. The first-order chi connectivity index (χ1) is 12.5. The quantitative estimate of drug-likeness (QED) is 0.156. The second-order valence-corrected chi connectivity index (χ2v) is 6.57. The molecule has 1 aromatic rings. The Labute approximate surface area is 157 Å². The van der Waals surface area contributed by atoms with Gasteiger partial charge in [-0.05, 0) is 51.0 Å². The zero-order valence-electron chi connectivity index (χ0n) is 16.5. The summed E-state index contributed by atoms with van der Waals surface area (Å²) in [7, 11) is 0. The highest BCUT2D eigenvalue weighted by Crippen LogP contribution is 2.21. The highest BCUT2D eigenvalue weighted by atomic mass is 16.7. The number of carbonyl (C=O) groups is 2. The molecule has 4 nitrogen and oxygen atoms in total. The van der Waals surface area contributed by atoms with Crippen LogP contribution in [-0.4, -0.2) is 18.0 Å². The molecule has 1 atom stereocenters. The van der Waals surface area contributed by atoms with Crippen molar-refractivity contribution in [2.45, 2.75) is 78.9 Å². The molecule has 4 heteroatoms. The molecular formula is C22H32O4. The Balaban J connectivity index is 2.67. The van der Waals surface area contributed by atoms with Gasteiger partial charge in [0.15, 0.2) is 5.78 Å². The van der Waals surface area contributed by atoms with Gasteiger partial charge in [0.2, 0.25) is 6.29 Å². The monoisotopic (exact) mass is 360 g/mol. The third-order valence-corrected chi connectivity index (χ3v) is 4.19. The average molecular weight is 360 g/mol. The molecule has 0 amide bonds. The van der Waals surface area contributed by atoms with E-state index in [4.69, 9.17) is 9.47 Å². The Kier molecular flexibility index (Phi) is 10.4. The van der Waals surface area contributed by atoms with Gasteiger partial charge in [-0.25, -0.2) is 4.79 Å². The molecule has 0 saturated heterocycles. The van der Waals surface area contributed by atoms with Crippen LogP contribution in [0.15, 0.2) is 30.4 Å². The van der Waals surface area contributed by atoms with Crippen molar-refractivity contribution in [3.63, 3.8) is 0 Å². The summed E-state index contributed by atoms with van der Waals surface area (Å²) >= 11 is 0. The van der Waals surface area contributed by atoms with Gasteiger partial charge in [-0.2, -0.15) is 0 Å². The van der Waals surface area contributed by atoms with Crippen molar-refractivity contribution >= 4 is 11.8 Å². The third kappa shape index (κ3) is 8.32. The lowest BCUT2D eigenvalue weighted by Crippen LogP contribution is -2.23. The molecular weight excluding hydrogens is 328 g/mol. The molecule has 0 spiro atoms. The van der Waals surface area contributed by atoms with E-state index in [0.29, 0.717) is 17.7 Å². The topological polar surface area (TPSA) is 52.6 Å². The largest absolute Gasteiger partial charge is 0.455 e. The molecule has 0 radical (unpaired) electrons. The SMILES string of the molecule is C/C=C\C(=O)OC(CCCCCCCC)Oc1ccc(C(C)=O)c(C)c1. The summed E-state index contributed by atoms with van der Waals surface area (Å²) in [5, 5.41) is 0. The summed E-state index contributed by atoms with van der Waals surface area (Å²) in [4.78, 5) is 23.3. The van der Waals surface area contributed by atoms with E-state index in [1.54, 1.807) is 32.1 Å². The molecule has 1 rings (SSSR count). The second kappa shape index (κ2) is 12.3. The number of hydrogen-bond acceptors (Lipinski definition) is 4. The Morgan fingerprint density at radius 2 is 1.81 bits per heavy atom. The highest BCUT2D eigenvalue weighted by molar-refractivity contribution is 5.95. The number of rotatable bonds is 12. The summed E-state index contributed by atoms with van der Waals surface area (Å²) < 4.78 is 11.3. The Morgan fingerprint density at radius 3 is 2.42 bits per heavy atom. The fourth-order valence-electron chi connectivity index (χ4n) is 2.79. The van der Waals surface area contributed by atoms with Crippen LogP contribution in [0.2, 0.25) is 0 Å². The minimum absolute atomic E-state index is 0.0252. The van der Waals surface area contributed by atoms with E-state index in [1.807, 2.05) is 13.0 Å². The van der Waals surface area contributed by atoms with Gasteiger partial charge in [0, 0.05) is 18.1 Å². The van der Waals surface area contributed by atoms with Crippen molar-refractivity contribution in [2.75, 3.05) is 0 Å². The molecule has 0 aliphatic carbocycles. The van der Waals surface area contributed by atoms with Gasteiger partial charge in [0.1, 0.15) is 5.75 Å². The number of allylic oxidation sites excluding steroid dienone is 1. The van der Waals surface area contributed by atoms with E-state index in [-0.39, 0.29) is 5.78 Å². The number of unbranched alkanes of at least 4 members (excludes halogenated alkanes) is 5. The van der Waals surface area contributed by atoms with Crippen molar-refractivity contribution < 1.29 is 19.1 Å². The lowest BCUT2D eigenvalue weighted by Gasteiger charge is -2.19. The summed E-state index contributed by atoms with van der Waals surface area (Å²) in [6.45, 7) is 7.39. The lowest BCUT2D eigenvalue weighted by atomic mass is 10.1. The van der Waals surface area contributed by atoms with Crippen molar-refractivity contribution in [3.05, 3.63) is 41.5 Å². The molecule has 0 aromatic heterocycles. The highest BCUT2D eigenvalue weighted by Gasteiger charge is 2.15. The first-order valence-corrected chi connectivity index (χ1v) is 9.59. The van der Waals surface area contributed by atoms with Crippen molar-refractivity contribution in [2.24, 2.45) is 0 Å². The van der Waals surface area contributed by atoms with Gasteiger partial charge in [-0.15, -0.1) is 0 Å². The van der Waals surface area contributed by atoms with Crippen LogP contribution in [0, 0.1) is 6.92 Å². The predicted octanol–water partition coefficient (Wildman–Crippen LogP) is 5.77. The van der Waals surface area contributed by atoms with E-state index in [9.17, 15) is 9.59 Å². The smallest absolute Gasteiger partial charge is 0.333 e. The molecule has 0 heterocycles. The average Bonchev–Trinajstić information content (AvgIpc) is 2.57. The number of esters is 1. The van der Waals surface area contributed by atoms with Crippen LogP contribution in [-0.2, 0) is 9.53 Å². The molecule has 0 saturated carbocycles. The summed E-state index contributed by atoms with van der Waals surface area (Å²) in [6.07, 6.45) is 10.0. The molecule has 26 heavy (non-hydrogen) atoms. The summed E-state index contributed by atoms with van der Waals surface area (Å²) in [5.41, 5.74) is 1.53. The number of Topliss-reactive ketones (excluding diaryl/α,β-unsaturated/α-hetero) is 1. The Hall–Kier alpha value is -2.10. The maximum Gasteiger partial charge on any atom is 0.333 e. The number of ether oxygens (including phenoxy) is 2. The maximum absolute atomic E-state index is 11.8. The number of carbonyl (C=O) groups excluding carboxylic acids is 2.